The predicted molar refractivity (Wildman–Crippen MR) is 30.2 cm³/mol. The van der Waals surface area contributed by atoms with Gasteiger partial charge in [-0.25, -0.2) is 4.57 Å². The van der Waals surface area contributed by atoms with E-state index in [9.17, 15) is 26.3 Å². The van der Waals surface area contributed by atoms with Crippen molar-refractivity contribution < 1.29 is 50.3 Å². The van der Waals surface area contributed by atoms with Crippen molar-refractivity contribution in [3.63, 3.8) is 0 Å². The van der Waals surface area contributed by atoms with Crippen molar-refractivity contribution in [3.05, 3.63) is 0 Å². The van der Waals surface area contributed by atoms with Crippen LogP contribution >= 0.6 is 7.82 Å². The lowest BCUT2D eigenvalue weighted by Crippen LogP contribution is -2.32. The van der Waals surface area contributed by atoms with Crippen LogP contribution in [0.15, 0.2) is 0 Å². The van der Waals surface area contributed by atoms with Gasteiger partial charge in [0.1, 0.15) is 0 Å². The standard InChI is InChI=1S/C3F6O.H3O4P/c4-1(2(5,6)7)3(8,9)10-1;1-5(2,3)4/h;(H3,1,2,3,4). The molecule has 15 heavy (non-hydrogen) atoms. The van der Waals surface area contributed by atoms with Crippen LogP contribution in [-0.4, -0.2) is 32.8 Å². The van der Waals surface area contributed by atoms with Gasteiger partial charge in [0.15, 0.2) is 0 Å². The lowest BCUT2D eigenvalue weighted by atomic mass is 10.4. The van der Waals surface area contributed by atoms with Crippen LogP contribution in [0, 0.1) is 0 Å². The Hall–Kier alpha value is -0.350. The molecule has 1 atom stereocenters. The van der Waals surface area contributed by atoms with E-state index in [1.54, 1.807) is 0 Å². The minimum atomic E-state index is -5.66. The Kier molecular flexibility index (Phi) is 3.51. The van der Waals surface area contributed by atoms with Crippen LogP contribution < -0.4 is 0 Å². The van der Waals surface area contributed by atoms with Crippen LogP contribution in [-0.2, 0) is 9.30 Å². The van der Waals surface area contributed by atoms with E-state index in [0.717, 1.165) is 0 Å². The topological polar surface area (TPSA) is 90.3 Å². The Balaban J connectivity index is 0.000000336. The average Bonchev–Trinajstić information content (AvgIpc) is 2.25. The number of phosphoric acid groups is 1. The number of hydrogen-bond acceptors (Lipinski definition) is 2. The molecule has 0 radical (unpaired) electrons. The van der Waals surface area contributed by atoms with E-state index in [4.69, 9.17) is 19.2 Å². The highest BCUT2D eigenvalue weighted by atomic mass is 31.2. The minimum Gasteiger partial charge on any atom is -0.303 e. The molecule has 12 heteroatoms. The van der Waals surface area contributed by atoms with Crippen LogP contribution in [0.1, 0.15) is 0 Å². The molecule has 1 saturated heterocycles. The maximum absolute atomic E-state index is 11.7. The van der Waals surface area contributed by atoms with Gasteiger partial charge in [-0.2, -0.15) is 26.3 Å². The van der Waals surface area contributed by atoms with Gasteiger partial charge in [-0.05, 0) is 0 Å². The Morgan fingerprint density at radius 2 is 1.27 bits per heavy atom. The summed E-state index contributed by atoms with van der Waals surface area (Å²) in [6, 6.07) is 0. The molecule has 0 amide bonds. The lowest BCUT2D eigenvalue weighted by Gasteiger charge is -2.04. The zero-order chi connectivity index (χ0) is 12.7. The largest absolute Gasteiger partial charge is 0.466 e. The number of rotatable bonds is 0. The van der Waals surface area contributed by atoms with E-state index >= 15 is 0 Å². The van der Waals surface area contributed by atoms with Gasteiger partial charge in [-0.3, -0.25) is 4.74 Å². The highest BCUT2D eigenvalue weighted by Gasteiger charge is 2.90. The van der Waals surface area contributed by atoms with Crippen LogP contribution in [0.3, 0.4) is 0 Å². The summed E-state index contributed by atoms with van der Waals surface area (Å²) in [4.78, 5) is 21.6. The number of hydrogen-bond donors (Lipinski definition) is 3. The molecule has 1 aliphatic rings. The van der Waals surface area contributed by atoms with Crippen LogP contribution in [0.5, 0.6) is 0 Å². The second-order valence-corrected chi connectivity index (χ2v) is 3.25. The molecule has 1 unspecified atom stereocenters. The second kappa shape index (κ2) is 3.59. The Morgan fingerprint density at radius 3 is 1.27 bits per heavy atom. The summed E-state index contributed by atoms with van der Waals surface area (Å²) in [6.07, 6.45) is -10.4. The van der Waals surface area contributed by atoms with E-state index in [0.29, 0.717) is 0 Å². The molecule has 1 rings (SSSR count). The van der Waals surface area contributed by atoms with Crippen molar-refractivity contribution in [1.82, 2.24) is 0 Å². The molecule has 92 valence electrons. The summed E-state index contributed by atoms with van der Waals surface area (Å²) < 4.78 is 79.2. The molecule has 0 aliphatic carbocycles. The fourth-order valence-electron chi connectivity index (χ4n) is 0.374. The van der Waals surface area contributed by atoms with Crippen molar-refractivity contribution in [2.45, 2.75) is 18.1 Å². The highest BCUT2D eigenvalue weighted by Crippen LogP contribution is 2.60. The molecule has 1 aliphatic heterocycles. The fourth-order valence-corrected chi connectivity index (χ4v) is 0.374. The van der Waals surface area contributed by atoms with Crippen LogP contribution in [0.25, 0.3) is 0 Å². The number of alkyl halides is 6. The normalized spacial score (nSPS) is 29.1. The van der Waals surface area contributed by atoms with Gasteiger partial charge in [0.2, 0.25) is 0 Å². The molecule has 0 aromatic rings. The Morgan fingerprint density at radius 1 is 1.07 bits per heavy atom. The first kappa shape index (κ1) is 14.6. The summed E-state index contributed by atoms with van der Waals surface area (Å²) in [7, 11) is -4.64. The lowest BCUT2D eigenvalue weighted by molar-refractivity contribution is -0.231. The van der Waals surface area contributed by atoms with E-state index < -0.39 is 26.0 Å². The molecular formula is C3H3F6O5P. The highest BCUT2D eigenvalue weighted by molar-refractivity contribution is 7.45. The van der Waals surface area contributed by atoms with Gasteiger partial charge >= 0.3 is 26.0 Å². The Labute approximate surface area is 77.5 Å². The van der Waals surface area contributed by atoms with E-state index in [2.05, 4.69) is 4.74 Å². The number of halogens is 6. The summed E-state index contributed by atoms with van der Waals surface area (Å²) in [5, 5.41) is 0. The minimum absolute atomic E-state index is 2.53. The molecular weight excluding hydrogens is 261 g/mol. The summed E-state index contributed by atoms with van der Waals surface area (Å²) in [5.41, 5.74) is 0. The third-order valence-electron chi connectivity index (χ3n) is 0.966. The predicted octanol–water partition coefficient (Wildman–Crippen LogP) is 0.909. The second-order valence-electron chi connectivity index (χ2n) is 2.23. The summed E-state index contributed by atoms with van der Waals surface area (Å²) in [6.45, 7) is 0. The average molecular weight is 264 g/mol. The maximum atomic E-state index is 11.7. The van der Waals surface area contributed by atoms with Gasteiger partial charge in [0.25, 0.3) is 0 Å². The van der Waals surface area contributed by atoms with Gasteiger partial charge < -0.3 is 14.7 Å². The first-order chi connectivity index (χ1) is 6.21. The van der Waals surface area contributed by atoms with E-state index in [-0.39, 0.29) is 0 Å². The molecule has 0 aromatic carbocycles. The third-order valence-corrected chi connectivity index (χ3v) is 0.966. The third kappa shape index (κ3) is 3.95. The molecule has 3 N–H and O–H groups in total. The fraction of sp³-hybridized carbons (Fsp3) is 1.00. The first-order valence-corrected chi connectivity index (χ1v) is 4.39. The maximum Gasteiger partial charge on any atom is 0.466 e. The van der Waals surface area contributed by atoms with Gasteiger partial charge in [0.05, 0.1) is 0 Å². The molecule has 5 nitrogen and oxygen atoms in total. The number of ether oxygens (including phenoxy) is 1. The van der Waals surface area contributed by atoms with Crippen molar-refractivity contribution in [2.75, 3.05) is 0 Å². The van der Waals surface area contributed by atoms with E-state index in [1.807, 2.05) is 0 Å². The molecule has 0 bridgehead atoms. The zero-order valence-corrected chi connectivity index (χ0v) is 7.27. The monoisotopic (exact) mass is 264 g/mol. The first-order valence-electron chi connectivity index (χ1n) is 2.82. The van der Waals surface area contributed by atoms with Gasteiger partial charge in [0, 0.05) is 0 Å². The zero-order valence-electron chi connectivity index (χ0n) is 6.37. The van der Waals surface area contributed by atoms with Crippen LogP contribution in [0.4, 0.5) is 26.3 Å². The van der Waals surface area contributed by atoms with Gasteiger partial charge in [-0.1, -0.05) is 0 Å². The van der Waals surface area contributed by atoms with Crippen molar-refractivity contribution in [1.29, 1.82) is 0 Å². The molecule has 1 heterocycles. The SMILES string of the molecule is FC(F)(F)C1(F)OC1(F)F.O=P(O)(O)O. The van der Waals surface area contributed by atoms with Crippen molar-refractivity contribution in [3.8, 4) is 0 Å². The molecule has 0 saturated carbocycles. The summed E-state index contributed by atoms with van der Waals surface area (Å²) >= 11 is 0. The smallest absolute Gasteiger partial charge is 0.303 e. The van der Waals surface area contributed by atoms with E-state index in [1.165, 1.54) is 0 Å². The van der Waals surface area contributed by atoms with Crippen molar-refractivity contribution in [2.24, 2.45) is 0 Å². The Bertz CT molecular complexity index is 275. The molecule has 1 fully saturated rings. The summed E-state index contributed by atoms with van der Waals surface area (Å²) in [5.74, 6) is -4.75. The van der Waals surface area contributed by atoms with Gasteiger partial charge in [-0.15, -0.1) is 0 Å². The number of epoxide rings is 1. The van der Waals surface area contributed by atoms with Crippen molar-refractivity contribution >= 4 is 7.82 Å². The quantitative estimate of drug-likeness (QED) is 0.343. The molecule has 0 aromatic heterocycles. The molecule has 0 spiro atoms. The van der Waals surface area contributed by atoms with Crippen LogP contribution in [0.2, 0.25) is 0 Å².